The second-order valence-corrected chi connectivity index (χ2v) is 8.10. The van der Waals surface area contributed by atoms with Gasteiger partial charge in [0.2, 0.25) is 5.95 Å². The molecule has 152 valence electrons. The largest absolute Gasteiger partial charge is 0.338 e. The van der Waals surface area contributed by atoms with Crippen molar-refractivity contribution in [1.82, 2.24) is 24.9 Å². The van der Waals surface area contributed by atoms with E-state index >= 15 is 0 Å². The van der Waals surface area contributed by atoms with E-state index in [1.165, 1.54) is 0 Å². The van der Waals surface area contributed by atoms with Gasteiger partial charge < -0.3 is 10.2 Å². The molecule has 0 saturated carbocycles. The van der Waals surface area contributed by atoms with Crippen LogP contribution in [-0.4, -0.2) is 45.8 Å². The van der Waals surface area contributed by atoms with Gasteiger partial charge in [0.1, 0.15) is 11.5 Å². The van der Waals surface area contributed by atoms with E-state index in [1.54, 1.807) is 0 Å². The first-order chi connectivity index (χ1) is 14.6. The highest BCUT2D eigenvalue weighted by atomic mass is 35.5. The van der Waals surface area contributed by atoms with Gasteiger partial charge in [-0.25, -0.2) is 4.98 Å². The van der Waals surface area contributed by atoms with E-state index in [1.807, 2.05) is 60.0 Å². The summed E-state index contributed by atoms with van der Waals surface area (Å²) >= 11 is 12.7. The van der Waals surface area contributed by atoms with Crippen LogP contribution in [0.1, 0.15) is 5.82 Å². The number of hydrogen-bond acceptors (Lipinski definition) is 5. The van der Waals surface area contributed by atoms with Crippen LogP contribution in [0.15, 0.2) is 48.5 Å². The Kier molecular flexibility index (Phi) is 5.06. The maximum absolute atomic E-state index is 6.57. The first-order valence-corrected chi connectivity index (χ1v) is 10.6. The Hall–Kier alpha value is -2.67. The lowest BCUT2D eigenvalue weighted by atomic mass is 10.0. The van der Waals surface area contributed by atoms with Gasteiger partial charge in [-0.15, -0.1) is 0 Å². The zero-order chi connectivity index (χ0) is 20.7. The summed E-state index contributed by atoms with van der Waals surface area (Å²) in [7, 11) is 0. The summed E-state index contributed by atoms with van der Waals surface area (Å²) in [5, 5.41) is 9.68. The Bertz CT molecular complexity index is 1210. The summed E-state index contributed by atoms with van der Waals surface area (Å²) in [6.45, 7) is 5.46. The predicted molar refractivity (Wildman–Crippen MR) is 121 cm³/mol. The van der Waals surface area contributed by atoms with Crippen LogP contribution in [0.3, 0.4) is 0 Å². The quantitative estimate of drug-likeness (QED) is 0.510. The number of rotatable bonds is 3. The number of benzene rings is 2. The molecule has 5 rings (SSSR count). The van der Waals surface area contributed by atoms with Crippen LogP contribution >= 0.6 is 23.2 Å². The molecular formula is C22H20Cl2N6. The second-order valence-electron chi connectivity index (χ2n) is 7.25. The minimum atomic E-state index is 0.643. The van der Waals surface area contributed by atoms with Crippen molar-refractivity contribution in [2.75, 3.05) is 31.1 Å². The summed E-state index contributed by atoms with van der Waals surface area (Å²) in [6, 6.07) is 15.5. The fourth-order valence-corrected chi connectivity index (χ4v) is 4.17. The molecule has 0 radical (unpaired) electrons. The van der Waals surface area contributed by atoms with Crippen molar-refractivity contribution in [1.29, 1.82) is 0 Å². The van der Waals surface area contributed by atoms with Gasteiger partial charge in [0.05, 0.1) is 10.6 Å². The highest BCUT2D eigenvalue weighted by molar-refractivity contribution is 6.33. The molecule has 2 aromatic carbocycles. The van der Waals surface area contributed by atoms with Crippen LogP contribution in [0.5, 0.6) is 0 Å². The highest BCUT2D eigenvalue weighted by Gasteiger charge is 2.24. The third-order valence-electron chi connectivity index (χ3n) is 5.24. The predicted octanol–water partition coefficient (Wildman–Crippen LogP) is 4.48. The van der Waals surface area contributed by atoms with E-state index in [0.29, 0.717) is 15.9 Å². The molecule has 0 amide bonds. The molecule has 2 aromatic heterocycles. The van der Waals surface area contributed by atoms with Gasteiger partial charge in [-0.1, -0.05) is 53.5 Å². The maximum Gasteiger partial charge on any atom is 0.230 e. The van der Waals surface area contributed by atoms with Crippen molar-refractivity contribution in [2.24, 2.45) is 0 Å². The molecule has 0 unspecified atom stereocenters. The van der Waals surface area contributed by atoms with Crippen LogP contribution in [-0.2, 0) is 0 Å². The van der Waals surface area contributed by atoms with E-state index in [0.717, 1.165) is 60.2 Å². The molecule has 0 bridgehead atoms. The molecule has 0 aliphatic carbocycles. The van der Waals surface area contributed by atoms with Gasteiger partial charge in [0, 0.05) is 36.8 Å². The van der Waals surface area contributed by atoms with Crippen LogP contribution in [0, 0.1) is 6.92 Å². The Morgan fingerprint density at radius 1 is 0.933 bits per heavy atom. The normalized spacial score (nSPS) is 14.4. The molecule has 0 spiro atoms. The van der Waals surface area contributed by atoms with Gasteiger partial charge in [-0.05, 0) is 30.7 Å². The zero-order valence-electron chi connectivity index (χ0n) is 16.4. The van der Waals surface area contributed by atoms with Gasteiger partial charge in [-0.2, -0.15) is 14.6 Å². The molecule has 1 aliphatic heterocycles. The van der Waals surface area contributed by atoms with E-state index in [4.69, 9.17) is 38.3 Å². The van der Waals surface area contributed by atoms with E-state index in [9.17, 15) is 0 Å². The molecular weight excluding hydrogens is 419 g/mol. The molecule has 6 nitrogen and oxygen atoms in total. The summed E-state index contributed by atoms with van der Waals surface area (Å²) in [5.74, 6) is 1.50. The number of aryl methyl sites for hydroxylation is 1. The van der Waals surface area contributed by atoms with Gasteiger partial charge in [0.25, 0.3) is 0 Å². The standard InChI is InChI=1S/C22H20Cl2N6/c1-14-26-21-19(15-6-8-16(23)9-7-15)20(17-4-2-3-5-18(17)24)28-30(21)22(27-14)29-12-10-25-11-13-29/h2-9,25H,10-13H2,1H3. The van der Waals surface area contributed by atoms with Crippen molar-refractivity contribution in [3.05, 3.63) is 64.4 Å². The third kappa shape index (κ3) is 3.41. The van der Waals surface area contributed by atoms with Crippen LogP contribution in [0.25, 0.3) is 28.0 Å². The number of anilines is 1. The Morgan fingerprint density at radius 2 is 1.67 bits per heavy atom. The monoisotopic (exact) mass is 438 g/mol. The fraction of sp³-hybridized carbons (Fsp3) is 0.227. The van der Waals surface area contributed by atoms with Crippen molar-refractivity contribution in [3.8, 4) is 22.4 Å². The van der Waals surface area contributed by atoms with E-state index in [-0.39, 0.29) is 0 Å². The second kappa shape index (κ2) is 7.87. The van der Waals surface area contributed by atoms with Crippen molar-refractivity contribution in [2.45, 2.75) is 6.92 Å². The zero-order valence-corrected chi connectivity index (χ0v) is 18.0. The lowest BCUT2D eigenvalue weighted by molar-refractivity contribution is 0.572. The fourth-order valence-electron chi connectivity index (χ4n) is 3.82. The minimum absolute atomic E-state index is 0.643. The minimum Gasteiger partial charge on any atom is -0.338 e. The molecule has 30 heavy (non-hydrogen) atoms. The van der Waals surface area contributed by atoms with Crippen molar-refractivity contribution < 1.29 is 0 Å². The number of nitrogens with zero attached hydrogens (tertiary/aromatic N) is 5. The number of piperazine rings is 1. The smallest absolute Gasteiger partial charge is 0.230 e. The Morgan fingerprint density at radius 3 is 2.40 bits per heavy atom. The molecule has 8 heteroatoms. The van der Waals surface area contributed by atoms with E-state index < -0.39 is 0 Å². The van der Waals surface area contributed by atoms with Gasteiger partial charge in [0.15, 0.2) is 5.65 Å². The number of halogens is 2. The summed E-state index contributed by atoms with van der Waals surface area (Å²) in [6.07, 6.45) is 0. The summed E-state index contributed by atoms with van der Waals surface area (Å²) in [4.78, 5) is 11.8. The molecule has 1 fully saturated rings. The average Bonchev–Trinajstić information content (AvgIpc) is 3.13. The van der Waals surface area contributed by atoms with Crippen LogP contribution in [0.4, 0.5) is 5.95 Å². The van der Waals surface area contributed by atoms with Gasteiger partial charge in [-0.3, -0.25) is 0 Å². The van der Waals surface area contributed by atoms with Gasteiger partial charge >= 0.3 is 0 Å². The first kappa shape index (κ1) is 19.3. The lowest BCUT2D eigenvalue weighted by Crippen LogP contribution is -2.44. The van der Waals surface area contributed by atoms with Crippen LogP contribution in [0.2, 0.25) is 10.0 Å². The molecule has 1 aliphatic rings. The molecule has 1 N–H and O–H groups in total. The van der Waals surface area contributed by atoms with Crippen molar-refractivity contribution in [3.63, 3.8) is 0 Å². The number of aromatic nitrogens is 4. The Labute approximate surface area is 184 Å². The topological polar surface area (TPSA) is 58.4 Å². The van der Waals surface area contributed by atoms with Crippen molar-refractivity contribution >= 4 is 34.8 Å². The third-order valence-corrected chi connectivity index (χ3v) is 5.82. The molecule has 3 heterocycles. The van der Waals surface area contributed by atoms with Crippen LogP contribution < -0.4 is 10.2 Å². The maximum atomic E-state index is 6.57. The summed E-state index contributed by atoms with van der Waals surface area (Å²) in [5.41, 5.74) is 4.29. The van der Waals surface area contributed by atoms with E-state index in [2.05, 4.69) is 10.2 Å². The Balaban J connectivity index is 1.82. The first-order valence-electron chi connectivity index (χ1n) is 9.86. The highest BCUT2D eigenvalue weighted by Crippen LogP contribution is 2.38. The molecule has 1 saturated heterocycles. The number of hydrogen-bond donors (Lipinski definition) is 1. The molecule has 0 atom stereocenters. The summed E-state index contributed by atoms with van der Waals surface area (Å²) < 4.78 is 1.85. The number of nitrogens with one attached hydrogen (secondary N) is 1. The lowest BCUT2D eigenvalue weighted by Gasteiger charge is -2.28. The number of fused-ring (bicyclic) bond motifs is 1. The molecule has 4 aromatic rings. The SMILES string of the molecule is Cc1nc(N2CCNCC2)n2nc(-c3ccccc3Cl)c(-c3ccc(Cl)cc3)c2n1. The average molecular weight is 439 g/mol.